The minimum absolute atomic E-state index is 0.485. The van der Waals surface area contributed by atoms with Crippen molar-refractivity contribution in [2.24, 2.45) is 0 Å². The minimum atomic E-state index is -3.16. The molecule has 0 unspecified atom stereocenters. The van der Waals surface area contributed by atoms with Crippen molar-refractivity contribution in [2.75, 3.05) is 63.6 Å². The number of ether oxygens (including phenoxy) is 1. The van der Waals surface area contributed by atoms with Crippen LogP contribution in [0.25, 0.3) is 27.8 Å². The predicted molar refractivity (Wildman–Crippen MR) is 140 cm³/mol. The van der Waals surface area contributed by atoms with Gasteiger partial charge in [-0.15, -0.1) is 0 Å². The van der Waals surface area contributed by atoms with Crippen molar-refractivity contribution in [1.82, 2.24) is 28.6 Å². The number of hydrogen-bond donors (Lipinski definition) is 1. The molecule has 4 aromatic rings. The molecule has 190 valence electrons. The number of aromatic amines is 1. The zero-order valence-electron chi connectivity index (χ0n) is 20.0. The Morgan fingerprint density at radius 1 is 1.06 bits per heavy atom. The molecule has 1 aromatic carbocycles. The van der Waals surface area contributed by atoms with E-state index in [-0.39, 0.29) is 0 Å². The molecule has 3 aromatic heterocycles. The number of halogens is 1. The number of fused-ring (bicyclic) bond motifs is 2. The van der Waals surface area contributed by atoms with Crippen molar-refractivity contribution in [2.45, 2.75) is 6.54 Å². The Bertz CT molecular complexity index is 1520. The average molecular weight is 530 g/mol. The summed E-state index contributed by atoms with van der Waals surface area (Å²) in [6.07, 6.45) is 5.16. The van der Waals surface area contributed by atoms with E-state index in [9.17, 15) is 8.42 Å². The van der Waals surface area contributed by atoms with E-state index in [4.69, 9.17) is 26.3 Å². The van der Waals surface area contributed by atoms with Crippen molar-refractivity contribution >= 4 is 44.0 Å². The normalized spacial score (nSPS) is 18.4. The number of anilines is 1. The van der Waals surface area contributed by atoms with Gasteiger partial charge in [0.2, 0.25) is 10.0 Å². The number of piperazine rings is 1. The number of nitrogens with zero attached hydrogens (tertiary/aromatic N) is 6. The highest BCUT2D eigenvalue weighted by Crippen LogP contribution is 2.34. The smallest absolute Gasteiger partial charge is 0.211 e. The molecule has 2 aliphatic rings. The van der Waals surface area contributed by atoms with Gasteiger partial charge in [0.15, 0.2) is 11.5 Å². The Morgan fingerprint density at radius 2 is 1.83 bits per heavy atom. The van der Waals surface area contributed by atoms with Crippen LogP contribution in [0, 0.1) is 0 Å². The van der Waals surface area contributed by atoms with Gasteiger partial charge in [0.25, 0.3) is 0 Å². The second kappa shape index (κ2) is 9.31. The summed E-state index contributed by atoms with van der Waals surface area (Å²) in [7, 11) is -3.16. The number of H-pyrrole nitrogens is 1. The highest BCUT2D eigenvalue weighted by atomic mass is 35.5. The minimum Gasteiger partial charge on any atom is -0.378 e. The van der Waals surface area contributed by atoms with Gasteiger partial charge >= 0.3 is 0 Å². The summed E-state index contributed by atoms with van der Waals surface area (Å²) < 4.78 is 32.7. The lowest BCUT2D eigenvalue weighted by molar-refractivity contribution is 0.122. The molecular formula is C24H28ClN7O3S. The third kappa shape index (κ3) is 4.46. The number of benzene rings is 1. The molecule has 0 saturated carbocycles. The van der Waals surface area contributed by atoms with Crippen LogP contribution in [0.4, 0.5) is 5.82 Å². The number of hydrogen-bond acceptors (Lipinski definition) is 7. The monoisotopic (exact) mass is 529 g/mol. The zero-order chi connectivity index (χ0) is 24.9. The van der Waals surface area contributed by atoms with E-state index >= 15 is 0 Å². The fourth-order valence-corrected chi connectivity index (χ4v) is 6.06. The fraction of sp³-hybridized carbons (Fsp3) is 0.417. The molecule has 0 radical (unpaired) electrons. The molecule has 0 aliphatic carbocycles. The molecule has 5 heterocycles. The molecule has 2 saturated heterocycles. The topological polar surface area (TPSA) is 99.1 Å². The van der Waals surface area contributed by atoms with Crippen LogP contribution in [-0.4, -0.2) is 95.7 Å². The number of aromatic nitrogens is 4. The van der Waals surface area contributed by atoms with Crippen molar-refractivity contribution in [3.63, 3.8) is 0 Å². The average Bonchev–Trinajstić information content (AvgIpc) is 3.51. The van der Waals surface area contributed by atoms with Crippen LogP contribution in [0.1, 0.15) is 5.69 Å². The van der Waals surface area contributed by atoms with Crippen LogP contribution >= 0.6 is 11.6 Å². The van der Waals surface area contributed by atoms with E-state index in [1.165, 1.54) is 10.6 Å². The van der Waals surface area contributed by atoms with Crippen LogP contribution in [0.3, 0.4) is 0 Å². The van der Waals surface area contributed by atoms with Gasteiger partial charge in [-0.3, -0.25) is 9.30 Å². The first-order valence-corrected chi connectivity index (χ1v) is 14.2. The van der Waals surface area contributed by atoms with Crippen LogP contribution in [0.2, 0.25) is 5.15 Å². The lowest BCUT2D eigenvalue weighted by atomic mass is 10.1. The zero-order valence-corrected chi connectivity index (χ0v) is 21.6. The van der Waals surface area contributed by atoms with Gasteiger partial charge in [-0.05, 0) is 18.2 Å². The maximum atomic E-state index is 11.9. The van der Waals surface area contributed by atoms with Crippen LogP contribution in [0.5, 0.6) is 0 Å². The molecule has 0 amide bonds. The third-order valence-electron chi connectivity index (χ3n) is 6.90. The van der Waals surface area contributed by atoms with Gasteiger partial charge in [0.1, 0.15) is 10.8 Å². The van der Waals surface area contributed by atoms with Crippen molar-refractivity contribution in [1.29, 1.82) is 0 Å². The number of rotatable bonds is 5. The molecule has 0 atom stereocenters. The second-order valence-electron chi connectivity index (χ2n) is 9.32. The summed E-state index contributed by atoms with van der Waals surface area (Å²) in [6, 6.07) is 8.19. The first-order valence-electron chi connectivity index (χ1n) is 12.0. The quantitative estimate of drug-likeness (QED) is 0.424. The van der Waals surface area contributed by atoms with Gasteiger partial charge in [-0.2, -0.15) is 4.31 Å². The Balaban J connectivity index is 1.37. The molecule has 36 heavy (non-hydrogen) atoms. The van der Waals surface area contributed by atoms with Gasteiger partial charge < -0.3 is 14.6 Å². The Labute approximate surface area is 214 Å². The predicted octanol–water partition coefficient (Wildman–Crippen LogP) is 2.44. The van der Waals surface area contributed by atoms with E-state index in [1.807, 2.05) is 35.0 Å². The van der Waals surface area contributed by atoms with Crippen LogP contribution < -0.4 is 4.90 Å². The number of nitrogens with one attached hydrogen (secondary N) is 1. The molecule has 0 bridgehead atoms. The summed E-state index contributed by atoms with van der Waals surface area (Å²) in [6.45, 7) is 5.64. The molecule has 2 fully saturated rings. The third-order valence-corrected chi connectivity index (χ3v) is 8.57. The summed E-state index contributed by atoms with van der Waals surface area (Å²) in [5.74, 6) is 0.792. The van der Waals surface area contributed by atoms with E-state index < -0.39 is 10.0 Å². The summed E-state index contributed by atoms with van der Waals surface area (Å²) in [4.78, 5) is 17.6. The Morgan fingerprint density at radius 3 is 2.58 bits per heavy atom. The standard InChI is InChI=1S/C24H28ClN7O3S/c1-36(33,34)31-8-6-29(7-9-31)15-19-16-32-22(25)21(18-2-3-20-17(14-18)4-5-26-20)28-23(24(32)27-19)30-10-12-35-13-11-30/h2-5,14,16,26H,6-13,15H2,1H3. The van der Waals surface area contributed by atoms with Crippen molar-refractivity contribution in [3.05, 3.63) is 47.5 Å². The number of morpholine rings is 1. The molecule has 6 rings (SSSR count). The Kier molecular flexibility index (Phi) is 6.12. The maximum absolute atomic E-state index is 11.9. The number of sulfonamides is 1. The van der Waals surface area contributed by atoms with E-state index in [0.29, 0.717) is 56.8 Å². The lowest BCUT2D eigenvalue weighted by Crippen LogP contribution is -2.47. The summed E-state index contributed by atoms with van der Waals surface area (Å²) in [5, 5.41) is 1.61. The lowest BCUT2D eigenvalue weighted by Gasteiger charge is -2.32. The van der Waals surface area contributed by atoms with E-state index in [2.05, 4.69) is 20.9 Å². The molecular weight excluding hydrogens is 502 g/mol. The van der Waals surface area contributed by atoms with Crippen LogP contribution in [-0.2, 0) is 21.3 Å². The van der Waals surface area contributed by atoms with Crippen molar-refractivity contribution in [3.8, 4) is 11.3 Å². The van der Waals surface area contributed by atoms with Gasteiger partial charge in [-0.1, -0.05) is 17.7 Å². The molecule has 10 nitrogen and oxygen atoms in total. The highest BCUT2D eigenvalue weighted by Gasteiger charge is 2.26. The van der Waals surface area contributed by atoms with Crippen LogP contribution in [0.15, 0.2) is 36.7 Å². The highest BCUT2D eigenvalue weighted by molar-refractivity contribution is 7.88. The molecule has 12 heteroatoms. The number of imidazole rings is 1. The second-order valence-corrected chi connectivity index (χ2v) is 11.7. The fourth-order valence-electron chi connectivity index (χ4n) is 4.95. The van der Waals surface area contributed by atoms with Gasteiger partial charge in [-0.25, -0.2) is 18.4 Å². The Hall–Kier alpha value is -2.70. The first kappa shape index (κ1) is 23.7. The summed E-state index contributed by atoms with van der Waals surface area (Å²) in [5.41, 5.74) is 4.30. The van der Waals surface area contributed by atoms with Gasteiger partial charge in [0, 0.05) is 74.7 Å². The molecule has 0 spiro atoms. The van der Waals surface area contributed by atoms with Crippen molar-refractivity contribution < 1.29 is 13.2 Å². The SMILES string of the molecule is CS(=O)(=O)N1CCN(Cc2cn3c(Cl)c(-c4ccc5[nH]ccc5c4)nc(N4CCOCC4)c3n2)CC1. The molecule has 1 N–H and O–H groups in total. The first-order chi connectivity index (χ1) is 17.4. The van der Waals surface area contributed by atoms with E-state index in [1.54, 1.807) is 0 Å². The summed E-state index contributed by atoms with van der Waals surface area (Å²) >= 11 is 6.96. The maximum Gasteiger partial charge on any atom is 0.211 e. The van der Waals surface area contributed by atoms with E-state index in [0.717, 1.165) is 46.7 Å². The largest absolute Gasteiger partial charge is 0.378 e. The molecule has 2 aliphatic heterocycles. The van der Waals surface area contributed by atoms with Gasteiger partial charge in [0.05, 0.1) is 25.2 Å².